The Morgan fingerprint density at radius 3 is 2.09 bits per heavy atom. The summed E-state index contributed by atoms with van der Waals surface area (Å²) in [5.41, 5.74) is 0. The van der Waals surface area contributed by atoms with Crippen molar-refractivity contribution in [1.29, 1.82) is 0 Å². The Bertz CT molecular complexity index is 316. The minimum atomic E-state index is -0.166. The molecule has 0 radical (unpaired) electrons. The molecule has 0 saturated heterocycles. The van der Waals surface area contributed by atoms with E-state index in [0.717, 1.165) is 19.3 Å². The van der Waals surface area contributed by atoms with Gasteiger partial charge in [-0.25, -0.2) is 0 Å². The first kappa shape index (κ1) is 20.7. The van der Waals surface area contributed by atoms with Crippen molar-refractivity contribution in [1.82, 2.24) is 0 Å². The third-order valence-electron chi connectivity index (χ3n) is 3.55. The molecule has 0 aliphatic rings. The lowest BCUT2D eigenvalue weighted by molar-refractivity contribution is -0.138. The van der Waals surface area contributed by atoms with Crippen molar-refractivity contribution < 1.29 is 9.53 Å². The molecule has 2 heteroatoms. The molecule has 0 fully saturated rings. The van der Waals surface area contributed by atoms with Gasteiger partial charge in [-0.3, -0.25) is 4.79 Å². The summed E-state index contributed by atoms with van der Waals surface area (Å²) in [5, 5.41) is 0. The van der Waals surface area contributed by atoms with Gasteiger partial charge in [-0.15, -0.1) is 0 Å². The molecule has 0 unspecified atom stereocenters. The lowest BCUT2D eigenvalue weighted by atomic mass is 10.1. The van der Waals surface area contributed by atoms with Crippen LogP contribution < -0.4 is 0 Å². The molecular formula is C20H34O2. The van der Waals surface area contributed by atoms with Gasteiger partial charge in [-0.1, -0.05) is 69.9 Å². The van der Waals surface area contributed by atoms with Gasteiger partial charge in [-0.05, 0) is 38.5 Å². The zero-order valence-electron chi connectivity index (χ0n) is 14.4. The molecule has 0 aromatic rings. The highest BCUT2D eigenvalue weighted by Crippen LogP contribution is 2.08. The maximum absolute atomic E-state index is 11.1. The first-order valence-electron chi connectivity index (χ1n) is 8.91. The number of esters is 1. The third kappa shape index (κ3) is 16.7. The Hall–Kier alpha value is -1.31. The summed E-state index contributed by atoms with van der Waals surface area (Å²) in [4.78, 5) is 11.1. The van der Waals surface area contributed by atoms with Crippen LogP contribution in [0.25, 0.3) is 0 Å². The molecule has 0 N–H and O–H groups in total. The summed E-state index contributed by atoms with van der Waals surface area (Å²) in [5.74, 6) is -0.166. The van der Waals surface area contributed by atoms with Crippen molar-refractivity contribution in [3.8, 4) is 0 Å². The van der Waals surface area contributed by atoms with E-state index >= 15 is 0 Å². The fourth-order valence-corrected chi connectivity index (χ4v) is 2.23. The summed E-state index contributed by atoms with van der Waals surface area (Å²) < 4.78 is 4.67. The van der Waals surface area contributed by atoms with Crippen molar-refractivity contribution in [3.05, 3.63) is 37.1 Å². The van der Waals surface area contributed by atoms with Crippen LogP contribution in [-0.2, 0) is 9.53 Å². The molecule has 22 heavy (non-hydrogen) atoms. The Labute approximate surface area is 137 Å². The first-order valence-corrected chi connectivity index (χ1v) is 8.91. The fraction of sp³-hybridized carbons (Fsp3) is 0.650. The number of carbonyl (C=O) groups excluding carboxylic acids is 1. The van der Waals surface area contributed by atoms with Crippen LogP contribution in [0.3, 0.4) is 0 Å². The molecule has 0 spiro atoms. The molecule has 0 saturated carbocycles. The second-order valence-electron chi connectivity index (χ2n) is 5.64. The number of ether oxygens (including phenoxy) is 1. The molecule has 0 aromatic heterocycles. The summed E-state index contributed by atoms with van der Waals surface area (Å²) in [6, 6.07) is 0. The highest BCUT2D eigenvalue weighted by Gasteiger charge is 1.99. The Balaban J connectivity index is 3.23. The predicted octanol–water partition coefficient (Wildman–Crippen LogP) is 6.49. The van der Waals surface area contributed by atoms with Crippen LogP contribution in [0.15, 0.2) is 37.1 Å². The minimum Gasteiger partial charge on any atom is -0.435 e. The summed E-state index contributed by atoms with van der Waals surface area (Å²) in [6.07, 6.45) is 24.0. The van der Waals surface area contributed by atoms with E-state index in [4.69, 9.17) is 0 Å². The zero-order chi connectivity index (χ0) is 16.3. The molecule has 2 nitrogen and oxygen atoms in total. The van der Waals surface area contributed by atoms with Gasteiger partial charge in [0.05, 0.1) is 6.26 Å². The maximum Gasteiger partial charge on any atom is 0.310 e. The van der Waals surface area contributed by atoms with E-state index in [-0.39, 0.29) is 5.97 Å². The van der Waals surface area contributed by atoms with Crippen molar-refractivity contribution in [3.63, 3.8) is 0 Å². The van der Waals surface area contributed by atoms with E-state index in [1.54, 1.807) is 0 Å². The van der Waals surface area contributed by atoms with Gasteiger partial charge in [0, 0.05) is 6.42 Å². The van der Waals surface area contributed by atoms with E-state index in [0.29, 0.717) is 6.42 Å². The normalized spacial score (nSPS) is 11.3. The van der Waals surface area contributed by atoms with Gasteiger partial charge in [0.1, 0.15) is 0 Å². The maximum atomic E-state index is 11.1. The number of carbonyl (C=O) groups is 1. The second kappa shape index (κ2) is 17.7. The first-order chi connectivity index (χ1) is 10.8. The topological polar surface area (TPSA) is 26.3 Å². The lowest BCUT2D eigenvalue weighted by Crippen LogP contribution is -1.98. The molecule has 0 atom stereocenters. The van der Waals surface area contributed by atoms with E-state index < -0.39 is 0 Å². The summed E-state index contributed by atoms with van der Waals surface area (Å²) >= 11 is 0. The number of unbranched alkanes of at least 4 members (excludes halogenated alkanes) is 8. The summed E-state index contributed by atoms with van der Waals surface area (Å²) in [6.45, 7) is 5.61. The molecule has 0 aliphatic heterocycles. The van der Waals surface area contributed by atoms with Gasteiger partial charge in [0.15, 0.2) is 0 Å². The number of rotatable bonds is 15. The molecule has 0 heterocycles. The van der Waals surface area contributed by atoms with Gasteiger partial charge in [0.25, 0.3) is 0 Å². The largest absolute Gasteiger partial charge is 0.435 e. The van der Waals surface area contributed by atoms with Crippen LogP contribution in [-0.4, -0.2) is 5.97 Å². The number of allylic oxidation sites excluding steroid dienone is 4. The average Bonchev–Trinajstić information content (AvgIpc) is 2.51. The Kier molecular flexibility index (Phi) is 16.7. The van der Waals surface area contributed by atoms with E-state index in [9.17, 15) is 4.79 Å². The quantitative estimate of drug-likeness (QED) is 0.150. The standard InChI is InChI=1S/C20H34O2/c1-3-5-6-7-8-9-10-11-12-13-14-15-16-17-18-19-20(21)22-4-2/h4,8-9,11-12H,2-3,5-7,10,13-19H2,1H3/b9-8-,12-11-. The zero-order valence-corrected chi connectivity index (χ0v) is 14.4. The SMILES string of the molecule is C=COC(=O)CCCCCCC/C=C\C/C=C\CCCCC. The second-order valence-corrected chi connectivity index (χ2v) is 5.64. The van der Waals surface area contributed by atoms with Gasteiger partial charge >= 0.3 is 5.97 Å². The van der Waals surface area contributed by atoms with Crippen molar-refractivity contribution in [2.75, 3.05) is 0 Å². The van der Waals surface area contributed by atoms with Gasteiger partial charge < -0.3 is 4.74 Å². The van der Waals surface area contributed by atoms with Crippen LogP contribution in [0.5, 0.6) is 0 Å². The molecular weight excluding hydrogens is 272 g/mol. The van der Waals surface area contributed by atoms with Crippen molar-refractivity contribution in [2.24, 2.45) is 0 Å². The predicted molar refractivity (Wildman–Crippen MR) is 95.6 cm³/mol. The Morgan fingerprint density at radius 1 is 0.864 bits per heavy atom. The smallest absolute Gasteiger partial charge is 0.310 e. The minimum absolute atomic E-state index is 0.166. The van der Waals surface area contributed by atoms with Crippen molar-refractivity contribution >= 4 is 5.97 Å². The van der Waals surface area contributed by atoms with Gasteiger partial charge in [0.2, 0.25) is 0 Å². The molecule has 0 bridgehead atoms. The molecule has 0 aromatic carbocycles. The van der Waals surface area contributed by atoms with Gasteiger partial charge in [-0.2, -0.15) is 0 Å². The lowest BCUT2D eigenvalue weighted by Gasteiger charge is -2.00. The van der Waals surface area contributed by atoms with Crippen LogP contribution >= 0.6 is 0 Å². The van der Waals surface area contributed by atoms with Crippen LogP contribution in [0.1, 0.15) is 84.0 Å². The molecule has 0 amide bonds. The molecule has 0 aliphatic carbocycles. The van der Waals surface area contributed by atoms with Crippen molar-refractivity contribution in [2.45, 2.75) is 84.0 Å². The highest BCUT2D eigenvalue weighted by atomic mass is 16.5. The average molecular weight is 306 g/mol. The number of hydrogen-bond donors (Lipinski definition) is 0. The highest BCUT2D eigenvalue weighted by molar-refractivity contribution is 5.69. The van der Waals surface area contributed by atoms with Crippen LogP contribution in [0.2, 0.25) is 0 Å². The summed E-state index contributed by atoms with van der Waals surface area (Å²) in [7, 11) is 0. The van der Waals surface area contributed by atoms with E-state index in [1.165, 1.54) is 57.6 Å². The van der Waals surface area contributed by atoms with Crippen LogP contribution in [0.4, 0.5) is 0 Å². The number of hydrogen-bond acceptors (Lipinski definition) is 2. The Morgan fingerprint density at radius 2 is 1.45 bits per heavy atom. The fourth-order valence-electron chi connectivity index (χ4n) is 2.23. The van der Waals surface area contributed by atoms with E-state index in [1.807, 2.05) is 0 Å². The molecule has 126 valence electrons. The monoisotopic (exact) mass is 306 g/mol. The van der Waals surface area contributed by atoms with E-state index in [2.05, 4.69) is 42.5 Å². The van der Waals surface area contributed by atoms with Crippen LogP contribution in [0, 0.1) is 0 Å². The third-order valence-corrected chi connectivity index (χ3v) is 3.55. The molecule has 0 rings (SSSR count).